The maximum Gasteiger partial charge on any atom is 0.577 e. The summed E-state index contributed by atoms with van der Waals surface area (Å²) in [7, 11) is 29.0. The Labute approximate surface area is 392 Å². The molecule has 0 spiro atoms. The third kappa shape index (κ3) is 4810. The Morgan fingerprint density at radius 1 is 0.391 bits per heavy atom. The molecule has 0 bridgehead atoms. The fraction of sp³-hybridized carbons (Fsp3) is 0.913. The Morgan fingerprint density at radius 3 is 0.391 bits per heavy atom. The van der Waals surface area contributed by atoms with Crippen LogP contribution in [0.25, 0.3) is 0 Å². The Kier molecular flexibility index (Phi) is 43800. The van der Waals surface area contributed by atoms with E-state index in [0.717, 1.165) is 0 Å². The van der Waals surface area contributed by atoms with Crippen LogP contribution in [0.1, 0.15) is 165 Å². The summed E-state index contributed by atoms with van der Waals surface area (Å²) in [6.45, 7) is 0. The third-order valence-electron chi connectivity index (χ3n) is 0. The summed E-state index contributed by atoms with van der Waals surface area (Å²) in [5.74, 6) is 0. The molecule has 0 nitrogen and oxygen atoms in total. The summed E-state index contributed by atoms with van der Waals surface area (Å²) >= 11 is 0. The van der Waals surface area contributed by atoms with Gasteiger partial charge in [0.15, 0.2) is 0 Å². The second kappa shape index (κ2) is 3510. The van der Waals surface area contributed by atoms with Crippen molar-refractivity contribution in [3.63, 3.8) is 0 Å². The van der Waals surface area contributed by atoms with Gasteiger partial charge in [-0.2, -0.15) is 0 Å². The van der Waals surface area contributed by atoms with Crippen molar-refractivity contribution in [2.75, 3.05) is 0 Å². The van der Waals surface area contributed by atoms with E-state index in [9.17, 15) is 8.63 Å². The molecule has 23 heteroatoms. The zero-order chi connectivity index (χ0) is 18.7. The molecular weight excluding hydrogens is 859 g/mol. The van der Waals surface area contributed by atoms with E-state index in [1.165, 1.54) is 0 Å². The molecule has 0 aromatic rings. The van der Waals surface area contributed by atoms with Crippen LogP contribution in [-0.4, -0.2) is 65.5 Å². The first-order valence-electron chi connectivity index (χ1n) is 3.62. The Hall–Kier alpha value is 4.82. The molecule has 0 aromatic carbocycles. The summed E-state index contributed by atoms with van der Waals surface area (Å²) in [6, 6.07) is 0. The predicted octanol–water partition coefficient (Wildman–Crippen LogP) is 16.5. The first-order chi connectivity index (χ1) is 9.41. The van der Waals surface area contributed by atoms with Crippen molar-refractivity contribution in [3.8, 4) is 0 Å². The van der Waals surface area contributed by atoms with Crippen molar-refractivity contribution in [2.24, 2.45) is 0 Å². The Morgan fingerprint density at radius 2 is 0.391 bits per heavy atom. The van der Waals surface area contributed by atoms with E-state index in [0.29, 0.717) is 0 Å². The van der Waals surface area contributed by atoms with E-state index in [-0.39, 0.29) is 277 Å². The molecular formula is C23H115B8F7P6Y2-2. The van der Waals surface area contributed by atoms with Gasteiger partial charge in [-0.1, -0.05) is 156 Å². The minimum Gasteiger partial charge on any atom is -0.358 e. The van der Waals surface area contributed by atoms with Crippen molar-refractivity contribution in [3.05, 3.63) is 14.9 Å². The van der Waals surface area contributed by atoms with E-state index in [4.69, 9.17) is 16.8 Å². The van der Waals surface area contributed by atoms with Gasteiger partial charge in [0.25, 0.3) is 1.45 Å². The van der Waals surface area contributed by atoms with Crippen LogP contribution in [0.15, 0.2) is 0 Å². The molecule has 0 aliphatic heterocycles. The van der Waals surface area contributed by atoms with Crippen LogP contribution in [0.2, 0.25) is 0 Å². The number of halogens is 7. The van der Waals surface area contributed by atoms with E-state index < -0.39 is 7.83 Å². The SMILES string of the molecule is C.C.C.C.C.C.C.C.C.C.C.C.C.C.C.C.C.C.C.C.C.F.F.FF.F[B]F.PP.PP.PP.[2HH].[2HH].[2HH].[2HH].[2H]F.[2H][2H].[B].[B].[B].[B][B].[B][B].[CH3-].[CH3-].[Y].[Y]. The molecule has 0 aliphatic carbocycles. The monoisotopic (exact) mass is 984 g/mol. The molecule has 0 N–H and O–H groups in total. The molecule has 46 heavy (non-hydrogen) atoms. The molecule has 0 amide bonds. The van der Waals surface area contributed by atoms with Crippen LogP contribution < -0.4 is 0 Å². The van der Waals surface area contributed by atoms with Crippen LogP contribution in [-0.2, 0) is 65.4 Å². The fourth-order valence-electron chi connectivity index (χ4n) is 0. The Bertz CT molecular complexity index is 119. The summed E-state index contributed by atoms with van der Waals surface area (Å²) in [6.07, 6.45) is 0. The average molecular weight is 982 g/mol. The predicted molar refractivity (Wildman–Crippen MR) is 281 cm³/mol. The average Bonchev–Trinajstić information content (AvgIpc) is 2.62. The van der Waals surface area contributed by atoms with Gasteiger partial charge < -0.3 is 14.9 Å². The molecule has 0 fully saturated rings. The van der Waals surface area contributed by atoms with Crippen molar-refractivity contribution in [1.29, 1.82) is 1.45 Å². The van der Waals surface area contributed by atoms with Gasteiger partial charge in [0.2, 0.25) is 0 Å². The smallest absolute Gasteiger partial charge is 0.358 e. The van der Waals surface area contributed by atoms with Gasteiger partial charge in [-0.05, 0) is 0 Å². The van der Waals surface area contributed by atoms with Gasteiger partial charge in [0.1, 0.15) is 0 Å². The second-order valence-corrected chi connectivity index (χ2v) is 0.0825. The van der Waals surface area contributed by atoms with Crippen molar-refractivity contribution >= 4 is 118 Å². The summed E-state index contributed by atoms with van der Waals surface area (Å²) < 4.78 is 58.0. The summed E-state index contributed by atoms with van der Waals surface area (Å²) in [5, 5.41) is 0. The second-order valence-electron chi connectivity index (χ2n) is 0.0825. The molecule has 0 aromatic heterocycles. The van der Waals surface area contributed by atoms with Gasteiger partial charge >= 0.3 is 7.83 Å². The van der Waals surface area contributed by atoms with Crippen molar-refractivity contribution < 1.29 is 106 Å². The number of hydrogen-bond acceptors (Lipinski definition) is 0. The van der Waals surface area contributed by atoms with Crippen molar-refractivity contribution in [2.45, 2.75) is 156 Å². The van der Waals surface area contributed by atoms with Gasteiger partial charge in [0.05, 0.1) is 0 Å². The molecule has 6 unspecified atom stereocenters. The third-order valence-corrected chi connectivity index (χ3v) is 0. The van der Waals surface area contributed by atoms with E-state index >= 15 is 0 Å². The number of rotatable bonds is 0. The van der Waals surface area contributed by atoms with Crippen LogP contribution in [0.5, 0.6) is 0 Å². The van der Waals surface area contributed by atoms with Crippen LogP contribution in [0.4, 0.5) is 31.9 Å². The fourth-order valence-corrected chi connectivity index (χ4v) is 0. The van der Waals surface area contributed by atoms with Crippen molar-refractivity contribution in [1.82, 2.24) is 0 Å². The minimum absolute atomic E-state index is 0. The molecule has 0 heterocycles. The van der Waals surface area contributed by atoms with Gasteiger partial charge in [-0.15, -0.1) is 53.6 Å². The number of hydrogen-bond donors (Lipinski definition) is 0. The van der Waals surface area contributed by atoms with Gasteiger partial charge in [-0.25, -0.2) is 0 Å². The largest absolute Gasteiger partial charge is 0.577 e. The van der Waals surface area contributed by atoms with E-state index in [1.807, 2.05) is 0 Å². The minimum atomic E-state index is -1.00. The van der Waals surface area contributed by atoms with Gasteiger partial charge in [0, 0.05) is 139 Å². The molecule has 0 saturated carbocycles. The molecule has 20 radical (unpaired) electrons. The Balaban J connectivity index is -0.000000000480. The zero-order valence-electron chi connectivity index (χ0n) is 16.9. The molecule has 0 aliphatic rings. The maximum absolute atomic E-state index is 9.50. The summed E-state index contributed by atoms with van der Waals surface area (Å²) in [4.78, 5) is 0. The summed E-state index contributed by atoms with van der Waals surface area (Å²) in [5.41, 5.74) is 0. The van der Waals surface area contributed by atoms with E-state index in [2.05, 4.69) is 86.0 Å². The van der Waals surface area contributed by atoms with Gasteiger partial charge in [-0.3, -0.25) is 22.8 Å². The molecule has 0 saturated heterocycles. The quantitative estimate of drug-likeness (QED) is 0.0982. The first kappa shape index (κ1) is 574. The maximum atomic E-state index is 9.50. The van der Waals surface area contributed by atoms with Crippen LogP contribution in [0, 0.1) is 14.9 Å². The molecule has 6 atom stereocenters. The van der Waals surface area contributed by atoms with Crippen LogP contribution in [0.3, 0.4) is 0 Å². The normalized spacial score (nSPS) is 1.33. The molecule has 318 valence electrons. The topological polar surface area (TPSA) is 0 Å². The standard InChI is InChI=1S/21CH4.2CH3.2B2.BF2.3B.F2.3FH.3H4P2.2Y.5H2/c;;;;;;;;;;;;;;;;;;;;;;;2*1-2;2-1-3;;;;1-2;;;;3*1-2;;;;;;;/h21*1H4;2*1H3;;;;;;;;3*1H;3*1-2H2;;;5*1H/q;;;;;;;;;;;;;;;;;;;;;2*-1;;;;;;;;;;;;;;;;;;;;/i;;;;;;;;;;;;;;;;;;;;;;;;;;;;;;;;;;;;;;1+1D;4*1+1/hD. The zero-order valence-corrected chi connectivity index (χ0v) is 26.5. The van der Waals surface area contributed by atoms with Crippen LogP contribution >= 0.6 is 53.6 Å². The first-order valence-corrected chi connectivity index (χ1v) is 10.2. The van der Waals surface area contributed by atoms with E-state index in [1.54, 1.807) is 0 Å². The molecule has 0 rings (SSSR count).